The smallest absolute Gasteiger partial charge is 0.306 e. The van der Waals surface area contributed by atoms with Crippen LogP contribution in [0.4, 0.5) is 0 Å². The van der Waals surface area contributed by atoms with Gasteiger partial charge in [0.05, 0.1) is 0 Å². The van der Waals surface area contributed by atoms with E-state index in [9.17, 15) is 14.4 Å². The molecule has 0 rings (SSSR count). The molecule has 0 spiro atoms. The second kappa shape index (κ2) is 67.1. The Morgan fingerprint density at radius 3 is 0.731 bits per heavy atom. The summed E-state index contributed by atoms with van der Waals surface area (Å²) in [4.78, 5) is 38.3. The first kappa shape index (κ1) is 75.6. The van der Waals surface area contributed by atoms with Crippen molar-refractivity contribution in [3.05, 3.63) is 36.5 Å². The van der Waals surface area contributed by atoms with Gasteiger partial charge in [0.1, 0.15) is 13.2 Å². The van der Waals surface area contributed by atoms with Crippen molar-refractivity contribution in [2.45, 2.75) is 393 Å². The van der Waals surface area contributed by atoms with Crippen molar-refractivity contribution < 1.29 is 28.6 Å². The number of hydrogen-bond acceptors (Lipinski definition) is 6. The first-order valence-electron chi connectivity index (χ1n) is 35.0. The second-order valence-corrected chi connectivity index (χ2v) is 23.8. The number of ether oxygens (including phenoxy) is 3. The topological polar surface area (TPSA) is 78.9 Å². The quantitative estimate of drug-likeness (QED) is 0.0261. The number of hydrogen-bond donors (Lipinski definition) is 0. The summed E-state index contributed by atoms with van der Waals surface area (Å²) in [6.07, 6.45) is 83.2. The predicted octanol–water partition coefficient (Wildman–Crippen LogP) is 23.9. The molecule has 0 aromatic rings. The summed E-state index contributed by atoms with van der Waals surface area (Å²) in [5.41, 5.74) is 0. The summed E-state index contributed by atoms with van der Waals surface area (Å²) >= 11 is 0. The van der Waals surface area contributed by atoms with Crippen LogP contribution in [0.15, 0.2) is 36.5 Å². The van der Waals surface area contributed by atoms with Gasteiger partial charge in [-0.05, 0) is 77.0 Å². The molecule has 6 heteroatoms. The lowest BCUT2D eigenvalue weighted by molar-refractivity contribution is -0.167. The molecule has 0 aromatic carbocycles. The lowest BCUT2D eigenvalue weighted by Gasteiger charge is -2.18. The minimum Gasteiger partial charge on any atom is -0.462 e. The van der Waals surface area contributed by atoms with Crippen molar-refractivity contribution >= 4 is 17.9 Å². The van der Waals surface area contributed by atoms with E-state index in [0.29, 0.717) is 19.3 Å². The van der Waals surface area contributed by atoms with Crippen molar-refractivity contribution in [2.75, 3.05) is 13.2 Å². The molecular weight excluding hydrogens is 961 g/mol. The van der Waals surface area contributed by atoms with Crippen molar-refractivity contribution in [3.63, 3.8) is 0 Å². The highest BCUT2D eigenvalue weighted by Crippen LogP contribution is 2.18. The van der Waals surface area contributed by atoms with Crippen LogP contribution >= 0.6 is 0 Å². The molecular formula is C72H134O6. The third-order valence-corrected chi connectivity index (χ3v) is 15.9. The normalized spacial score (nSPS) is 12.2. The Kier molecular flexibility index (Phi) is 65.1. The zero-order valence-electron chi connectivity index (χ0n) is 52.7. The van der Waals surface area contributed by atoms with Crippen LogP contribution in [-0.2, 0) is 28.6 Å². The maximum Gasteiger partial charge on any atom is 0.306 e. The molecule has 0 heterocycles. The number of esters is 3. The van der Waals surface area contributed by atoms with E-state index in [0.717, 1.165) is 70.6 Å². The molecule has 0 radical (unpaired) electrons. The van der Waals surface area contributed by atoms with Gasteiger partial charge in [-0.25, -0.2) is 0 Å². The Labute approximate surface area is 486 Å². The fourth-order valence-electron chi connectivity index (χ4n) is 10.6. The largest absolute Gasteiger partial charge is 0.462 e. The van der Waals surface area contributed by atoms with E-state index in [4.69, 9.17) is 14.2 Å². The number of unbranched alkanes of at least 4 members (excludes halogenated alkanes) is 48. The van der Waals surface area contributed by atoms with E-state index >= 15 is 0 Å². The summed E-state index contributed by atoms with van der Waals surface area (Å²) in [6, 6.07) is 0. The zero-order valence-corrected chi connectivity index (χ0v) is 52.7. The van der Waals surface area contributed by atoms with Gasteiger partial charge < -0.3 is 14.2 Å². The van der Waals surface area contributed by atoms with E-state index < -0.39 is 6.10 Å². The van der Waals surface area contributed by atoms with Crippen molar-refractivity contribution in [1.29, 1.82) is 0 Å². The summed E-state index contributed by atoms with van der Waals surface area (Å²) in [5, 5.41) is 0. The van der Waals surface area contributed by atoms with E-state index in [1.807, 2.05) is 0 Å². The van der Waals surface area contributed by atoms with Crippen molar-refractivity contribution in [3.8, 4) is 0 Å². The van der Waals surface area contributed by atoms with Gasteiger partial charge in [0.25, 0.3) is 0 Å². The fraction of sp³-hybridized carbons (Fsp3) is 0.875. The van der Waals surface area contributed by atoms with Crippen LogP contribution in [0.1, 0.15) is 387 Å². The summed E-state index contributed by atoms with van der Waals surface area (Å²) in [5.74, 6) is -0.850. The lowest BCUT2D eigenvalue weighted by Crippen LogP contribution is -2.30. The molecule has 6 nitrogen and oxygen atoms in total. The molecule has 0 fully saturated rings. The molecule has 0 saturated heterocycles. The Balaban J connectivity index is 4.13. The summed E-state index contributed by atoms with van der Waals surface area (Å²) < 4.78 is 17.0. The van der Waals surface area contributed by atoms with Gasteiger partial charge in [0, 0.05) is 19.3 Å². The molecule has 1 unspecified atom stereocenters. The molecule has 1 atom stereocenters. The SMILES string of the molecule is CCCCCC/C=C\CCCCCCCC(=O)OCC(COC(=O)CCCCCCCCCCCCCCCCCCCCC/C=C\C/C=C\CCCCCCC)OC(=O)CCCCCCCCCCCCCCCCCC. The number of rotatable bonds is 65. The highest BCUT2D eigenvalue weighted by atomic mass is 16.6. The minimum absolute atomic E-state index is 0.0686. The third-order valence-electron chi connectivity index (χ3n) is 15.9. The fourth-order valence-corrected chi connectivity index (χ4v) is 10.6. The monoisotopic (exact) mass is 1100 g/mol. The van der Waals surface area contributed by atoms with Gasteiger partial charge in [-0.1, -0.05) is 327 Å². The summed E-state index contributed by atoms with van der Waals surface area (Å²) in [7, 11) is 0. The molecule has 0 aliphatic heterocycles. The number of carbonyl (C=O) groups excluding carboxylic acids is 3. The molecule has 0 N–H and O–H groups in total. The Morgan fingerprint density at radius 2 is 0.462 bits per heavy atom. The van der Waals surface area contributed by atoms with Crippen LogP contribution in [0.3, 0.4) is 0 Å². The minimum atomic E-state index is -0.772. The molecule has 0 aromatic heterocycles. The van der Waals surface area contributed by atoms with Crippen LogP contribution in [-0.4, -0.2) is 37.2 Å². The highest BCUT2D eigenvalue weighted by Gasteiger charge is 2.19. The molecule has 78 heavy (non-hydrogen) atoms. The van der Waals surface area contributed by atoms with E-state index in [2.05, 4.69) is 57.2 Å². The second-order valence-electron chi connectivity index (χ2n) is 23.8. The summed E-state index contributed by atoms with van der Waals surface area (Å²) in [6.45, 7) is 6.67. The average molecular weight is 1100 g/mol. The zero-order chi connectivity index (χ0) is 56.4. The van der Waals surface area contributed by atoms with Gasteiger partial charge in [0.2, 0.25) is 0 Å². The van der Waals surface area contributed by atoms with Gasteiger partial charge in [-0.3, -0.25) is 14.4 Å². The molecule has 0 aliphatic carbocycles. The average Bonchev–Trinajstić information content (AvgIpc) is 3.44. The Morgan fingerprint density at radius 1 is 0.256 bits per heavy atom. The maximum absolute atomic E-state index is 12.9. The lowest BCUT2D eigenvalue weighted by atomic mass is 10.0. The van der Waals surface area contributed by atoms with E-state index in [-0.39, 0.29) is 31.1 Å². The van der Waals surface area contributed by atoms with Gasteiger partial charge >= 0.3 is 17.9 Å². The first-order chi connectivity index (χ1) is 38.5. The predicted molar refractivity (Wildman–Crippen MR) is 339 cm³/mol. The number of carbonyl (C=O) groups is 3. The third kappa shape index (κ3) is 64.5. The first-order valence-corrected chi connectivity index (χ1v) is 35.0. The van der Waals surface area contributed by atoms with Gasteiger partial charge in [-0.2, -0.15) is 0 Å². The van der Waals surface area contributed by atoms with Crippen molar-refractivity contribution in [1.82, 2.24) is 0 Å². The standard InChI is InChI=1S/C72H134O6/c1-4-7-10-13-16-19-22-25-27-29-30-31-32-33-34-35-36-37-38-39-40-41-42-43-45-47-50-53-56-59-62-65-71(74)77-68-69(67-76-70(73)64-61-58-55-52-49-46-24-21-18-15-12-9-6-3)78-72(75)66-63-60-57-54-51-48-44-28-26-23-20-17-14-11-8-5-2/h21-22,24-25,29-30,69H,4-20,23,26-28,31-68H2,1-3H3/b24-21-,25-22-,30-29-. The van der Waals surface area contributed by atoms with Gasteiger partial charge in [-0.15, -0.1) is 0 Å². The molecule has 0 saturated carbocycles. The van der Waals surface area contributed by atoms with Crippen LogP contribution < -0.4 is 0 Å². The van der Waals surface area contributed by atoms with Gasteiger partial charge in [0.15, 0.2) is 6.10 Å². The highest BCUT2D eigenvalue weighted by molar-refractivity contribution is 5.71. The molecule has 458 valence electrons. The molecule has 0 amide bonds. The van der Waals surface area contributed by atoms with E-state index in [1.54, 1.807) is 0 Å². The van der Waals surface area contributed by atoms with E-state index in [1.165, 1.54) is 276 Å². The van der Waals surface area contributed by atoms with Crippen LogP contribution in [0.25, 0.3) is 0 Å². The van der Waals surface area contributed by atoms with Crippen molar-refractivity contribution in [2.24, 2.45) is 0 Å². The Bertz CT molecular complexity index is 1300. The van der Waals surface area contributed by atoms with Crippen LogP contribution in [0, 0.1) is 0 Å². The molecule has 0 aliphatic rings. The van der Waals surface area contributed by atoms with Crippen LogP contribution in [0.2, 0.25) is 0 Å². The van der Waals surface area contributed by atoms with Crippen LogP contribution in [0.5, 0.6) is 0 Å². The maximum atomic E-state index is 12.9. The molecule has 0 bridgehead atoms. The number of allylic oxidation sites excluding steroid dienone is 6. The Hall–Kier alpha value is -2.37.